The van der Waals surface area contributed by atoms with E-state index < -0.39 is 126 Å². The van der Waals surface area contributed by atoms with Gasteiger partial charge in [-0.2, -0.15) is 0 Å². The first kappa shape index (κ1) is 47.7. The van der Waals surface area contributed by atoms with Crippen molar-refractivity contribution < 1.29 is 101 Å². The van der Waals surface area contributed by atoms with Crippen LogP contribution in [-0.2, 0) is 43.0 Å². The van der Waals surface area contributed by atoms with E-state index in [0.717, 1.165) is 41.3 Å². The van der Waals surface area contributed by atoms with E-state index in [0.29, 0.717) is 5.56 Å². The number of carbonyl (C=O) groups excluding carboxylic acids is 1. The van der Waals surface area contributed by atoms with E-state index in [1.54, 1.807) is 6.07 Å². The molecule has 7 rings (SSSR count). The highest BCUT2D eigenvalue weighted by Gasteiger charge is 2.58. The maximum atomic E-state index is 14.8. The Balaban J connectivity index is 1.33. The van der Waals surface area contributed by atoms with Crippen molar-refractivity contribution in [2.24, 2.45) is 0 Å². The Bertz CT molecular complexity index is 2570. The zero-order valence-electron chi connectivity index (χ0n) is 33.2. The lowest BCUT2D eigenvalue weighted by Gasteiger charge is -2.47. The molecule has 65 heavy (non-hydrogen) atoms. The maximum absolute atomic E-state index is 14.8. The van der Waals surface area contributed by atoms with Crippen LogP contribution in [0.15, 0.2) is 97.1 Å². The number of nitrogens with zero attached hydrogens (tertiary/aromatic N) is 1. The predicted molar refractivity (Wildman–Crippen MR) is 217 cm³/mol. The van der Waals surface area contributed by atoms with E-state index in [2.05, 4.69) is 0 Å². The van der Waals surface area contributed by atoms with E-state index in [9.17, 15) is 82.4 Å². The van der Waals surface area contributed by atoms with Crippen LogP contribution >= 0.6 is 7.60 Å². The van der Waals surface area contributed by atoms with Crippen LogP contribution in [-0.4, -0.2) is 149 Å². The molecule has 3 fully saturated rings. The summed E-state index contributed by atoms with van der Waals surface area (Å²) < 4.78 is 78.1. The number of amides is 1. The number of aliphatic hydroxyl groups excluding tert-OH is 6. The fraction of sp³-hybridized carbons (Fsp3) is 0.341. The van der Waals surface area contributed by atoms with Gasteiger partial charge < -0.3 is 74.5 Å². The van der Waals surface area contributed by atoms with Gasteiger partial charge >= 0.3 is 19.5 Å². The number of aliphatic carboxylic acids is 2. The monoisotopic (exact) mass is 949 g/mol. The van der Waals surface area contributed by atoms with Crippen molar-refractivity contribution in [1.29, 1.82) is 0 Å². The predicted octanol–water partition coefficient (Wildman–Crippen LogP) is -0.912. The molecular weight excluding hydrogens is 908 g/mol. The Morgan fingerprint density at radius 3 is 1.82 bits per heavy atom. The number of halogens is 1. The number of sulfone groups is 1. The van der Waals surface area contributed by atoms with Crippen molar-refractivity contribution in [1.82, 2.24) is 0 Å². The minimum absolute atomic E-state index is 0.0863. The molecule has 3 heterocycles. The lowest BCUT2D eigenvalue weighted by molar-refractivity contribution is -0.303. The molecule has 3 aliphatic rings. The molecule has 0 aromatic heterocycles. The third-order valence-electron chi connectivity index (χ3n) is 11.1. The first-order valence-electron chi connectivity index (χ1n) is 19.4. The number of ether oxygens (including phenoxy) is 4. The molecule has 4 aromatic rings. The molecule has 5 unspecified atom stereocenters. The van der Waals surface area contributed by atoms with Crippen LogP contribution in [0.3, 0.4) is 0 Å². The number of rotatable bonds is 14. The van der Waals surface area contributed by atoms with Crippen LogP contribution in [0.25, 0.3) is 11.1 Å². The van der Waals surface area contributed by atoms with Gasteiger partial charge in [0.2, 0.25) is 12.2 Å². The fourth-order valence-electron chi connectivity index (χ4n) is 7.71. The number of β-lactam (4-membered cyclic amide) rings is 1. The molecule has 0 saturated carbocycles. The second-order valence-corrected chi connectivity index (χ2v) is 19.1. The van der Waals surface area contributed by atoms with Gasteiger partial charge in [-0.25, -0.2) is 22.4 Å². The minimum Gasteiger partial charge on any atom is -0.479 e. The average Bonchev–Trinajstić information content (AvgIpc) is 3.25. The Labute approximate surface area is 367 Å². The van der Waals surface area contributed by atoms with Gasteiger partial charge in [-0.1, -0.05) is 54.6 Å². The lowest BCUT2D eigenvalue weighted by Crippen LogP contribution is -2.63. The summed E-state index contributed by atoms with van der Waals surface area (Å²) in [5.41, 5.74) is 0.462. The number of benzene rings is 4. The number of carboxylic acid groups (broad SMARTS) is 2. The van der Waals surface area contributed by atoms with Gasteiger partial charge in [0.15, 0.2) is 33.6 Å². The van der Waals surface area contributed by atoms with Crippen LogP contribution in [0.2, 0.25) is 0 Å². The first-order valence-corrected chi connectivity index (χ1v) is 22.7. The number of hydrogen-bond acceptors (Lipinski definition) is 16. The topological polar surface area (TPSA) is 345 Å². The van der Waals surface area contributed by atoms with Gasteiger partial charge in [-0.05, 0) is 59.2 Å². The van der Waals surface area contributed by atoms with Crippen LogP contribution in [0.5, 0.6) is 5.75 Å². The number of anilines is 1. The Kier molecular flexibility index (Phi) is 13.6. The van der Waals surface area contributed by atoms with E-state index in [1.807, 2.05) is 0 Å². The van der Waals surface area contributed by atoms with Crippen molar-refractivity contribution in [3.05, 3.63) is 114 Å². The highest BCUT2D eigenvalue weighted by atomic mass is 32.2. The van der Waals surface area contributed by atoms with Gasteiger partial charge in [-0.3, -0.25) is 9.36 Å². The van der Waals surface area contributed by atoms with Crippen LogP contribution in [0.4, 0.5) is 10.1 Å². The van der Waals surface area contributed by atoms with Gasteiger partial charge in [0.1, 0.15) is 48.2 Å². The second kappa shape index (κ2) is 18.6. The Morgan fingerprint density at radius 2 is 1.26 bits per heavy atom. The summed E-state index contributed by atoms with van der Waals surface area (Å²) in [5, 5.41) is 80.3. The molecule has 0 spiro atoms. The van der Waals surface area contributed by atoms with Crippen molar-refractivity contribution in [3.8, 4) is 16.9 Å². The molecule has 0 bridgehead atoms. The number of para-hydroxylation sites is 1. The smallest absolute Gasteiger partial charge is 0.356 e. The van der Waals surface area contributed by atoms with Crippen LogP contribution < -0.4 is 14.9 Å². The summed E-state index contributed by atoms with van der Waals surface area (Å²) in [6, 6.07) is 19.1. The van der Waals surface area contributed by atoms with Crippen LogP contribution in [0, 0.1) is 5.82 Å². The highest BCUT2D eigenvalue weighted by Crippen LogP contribution is 2.48. The largest absolute Gasteiger partial charge is 0.479 e. The molecule has 3 saturated heterocycles. The number of hydrogen-bond donors (Lipinski definition) is 10. The molecule has 24 heteroatoms. The molecule has 10 N–H and O–H groups in total. The zero-order valence-corrected chi connectivity index (χ0v) is 34.9. The van der Waals surface area contributed by atoms with Crippen molar-refractivity contribution >= 4 is 46.3 Å². The quantitative estimate of drug-likeness (QED) is 0.0540. The summed E-state index contributed by atoms with van der Waals surface area (Å²) in [4.78, 5) is 58.5. The normalized spacial score (nSPS) is 30.0. The third-order valence-corrected chi connectivity index (χ3v) is 14.1. The summed E-state index contributed by atoms with van der Waals surface area (Å²) >= 11 is 0. The number of aliphatic hydroxyl groups is 6. The van der Waals surface area contributed by atoms with E-state index >= 15 is 0 Å². The molecule has 21 nitrogen and oxygen atoms in total. The van der Waals surface area contributed by atoms with E-state index in [1.165, 1.54) is 54.6 Å². The molecule has 0 aliphatic carbocycles. The standard InChI is InChI=1S/C41H41FNO20PS/c42-21-11-6-19(7-12-21)26(61-41-33(49)29(45)31(47)35(63-41)39(53)54)17-65(58,59)36-27(43(37(36)50)22-4-2-1-3-5-22)24-15-10-20(18-8-13-23(14-9-18)64(55,56)57)16-25(24)60-40-32(48)28(44)30(46)34(62-40)38(51)52/h1-16,26-36,40-41,44-49H,17H2,(H,51,52)(H,53,54)(H2,55,56,57)/t26-,27+,28-,29-,30?,31-,32?,33?,34?,35?,36+,40+,41+/m0/s1. The van der Waals surface area contributed by atoms with Crippen LogP contribution in [0.1, 0.15) is 23.3 Å². The zero-order chi connectivity index (χ0) is 47.3. The summed E-state index contributed by atoms with van der Waals surface area (Å²) in [6.45, 7) is 0. The van der Waals surface area contributed by atoms with Crippen molar-refractivity contribution in [2.75, 3.05) is 10.7 Å². The molecule has 4 aromatic carbocycles. The number of carboxylic acids is 2. The fourth-order valence-corrected chi connectivity index (χ4v) is 10.2. The summed E-state index contributed by atoms with van der Waals surface area (Å²) in [5.74, 6) is -6.85. The first-order chi connectivity index (χ1) is 30.6. The maximum Gasteiger partial charge on any atom is 0.356 e. The van der Waals surface area contributed by atoms with Gasteiger partial charge in [-0.15, -0.1) is 0 Å². The van der Waals surface area contributed by atoms with Crippen molar-refractivity contribution in [3.63, 3.8) is 0 Å². The molecule has 1 amide bonds. The highest BCUT2D eigenvalue weighted by molar-refractivity contribution is 7.93. The Morgan fingerprint density at radius 1 is 0.723 bits per heavy atom. The van der Waals surface area contributed by atoms with E-state index in [-0.39, 0.29) is 33.4 Å². The SMILES string of the molecule is O=C(O)C1O[C@@H](Oc2cc(-c3ccc(P(=O)(O)O)cc3)ccc2[C@@H]2[C@@H](S(=O)(=O)C[C@H](O[C@@H]3OC(C(=O)O)[C@@H](O)[C@H](O)C3O)c3ccc(F)cc3)C(=O)N2c2ccccc2)C(O)[C@@H](O)C1O. The number of carbonyl (C=O) groups is 3. The summed E-state index contributed by atoms with van der Waals surface area (Å²) in [6.07, 6.45) is -23.1. The third kappa shape index (κ3) is 9.55. The van der Waals surface area contributed by atoms with Gasteiger partial charge in [0, 0.05) is 11.3 Å². The molecule has 0 radical (unpaired) electrons. The Hall–Kier alpha value is -5.24. The molecular formula is C41H41FNO20PS. The molecule has 3 aliphatic heterocycles. The lowest BCUT2D eigenvalue weighted by atomic mass is 9.90. The summed E-state index contributed by atoms with van der Waals surface area (Å²) in [7, 11) is -9.59. The minimum atomic E-state index is -4.90. The molecule has 348 valence electrons. The average molecular weight is 950 g/mol. The van der Waals surface area contributed by atoms with Crippen molar-refractivity contribution in [2.45, 2.75) is 78.8 Å². The second-order valence-electron chi connectivity index (χ2n) is 15.3. The van der Waals surface area contributed by atoms with Gasteiger partial charge in [0.25, 0.3) is 0 Å². The molecule has 13 atom stereocenters. The van der Waals surface area contributed by atoms with Gasteiger partial charge in [0.05, 0.1) is 23.2 Å². The van der Waals surface area contributed by atoms with E-state index in [4.69, 9.17) is 18.9 Å².